The van der Waals surface area contributed by atoms with Gasteiger partial charge in [0, 0.05) is 0 Å². The molecular formula is C9H16O3Si. The third kappa shape index (κ3) is 1.69. The molecule has 0 saturated heterocycles. The fourth-order valence-corrected chi connectivity index (χ4v) is 4.07. The van der Waals surface area contributed by atoms with Gasteiger partial charge in [-0.3, -0.25) is 0 Å². The SMILES string of the molecule is C[C@@]1(C(=O)O)OCC=C1[Si](C)(C)C. The predicted octanol–water partition coefficient (Wildman–Crippen LogP) is 1.66. The Morgan fingerprint density at radius 3 is 2.46 bits per heavy atom. The zero-order valence-corrected chi connectivity index (χ0v) is 9.55. The normalized spacial score (nSPS) is 28.8. The summed E-state index contributed by atoms with van der Waals surface area (Å²) in [7, 11) is -1.57. The van der Waals surface area contributed by atoms with E-state index in [0.29, 0.717) is 6.61 Å². The number of carbonyl (C=O) groups is 1. The number of ether oxygens (including phenoxy) is 1. The molecule has 0 amide bonds. The standard InChI is InChI=1S/C9H16O3Si/c1-9(8(10)11)7(5-6-12-9)13(2,3)4/h5H,6H2,1-4H3,(H,10,11)/t9-/m1/s1. The number of hydrogen-bond donors (Lipinski definition) is 1. The maximum atomic E-state index is 11.0. The second-order valence-corrected chi connectivity index (χ2v) is 9.56. The van der Waals surface area contributed by atoms with Gasteiger partial charge >= 0.3 is 5.97 Å². The van der Waals surface area contributed by atoms with Crippen LogP contribution in [0.1, 0.15) is 6.92 Å². The lowest BCUT2D eigenvalue weighted by Crippen LogP contribution is -2.45. The average molecular weight is 200 g/mol. The van der Waals surface area contributed by atoms with Crippen LogP contribution >= 0.6 is 0 Å². The fraction of sp³-hybridized carbons (Fsp3) is 0.667. The summed E-state index contributed by atoms with van der Waals surface area (Å²) < 4.78 is 5.28. The van der Waals surface area contributed by atoms with Gasteiger partial charge in [0.15, 0.2) is 5.60 Å². The van der Waals surface area contributed by atoms with Gasteiger partial charge in [-0.1, -0.05) is 25.7 Å². The molecule has 1 rings (SSSR count). The second-order valence-electron chi connectivity index (χ2n) is 4.52. The van der Waals surface area contributed by atoms with Crippen molar-refractivity contribution in [3.05, 3.63) is 11.3 Å². The molecule has 1 N–H and O–H groups in total. The maximum Gasteiger partial charge on any atom is 0.339 e. The van der Waals surface area contributed by atoms with Crippen LogP contribution in [0.25, 0.3) is 0 Å². The molecule has 0 saturated carbocycles. The maximum absolute atomic E-state index is 11.0. The van der Waals surface area contributed by atoms with E-state index in [2.05, 4.69) is 19.6 Å². The van der Waals surface area contributed by atoms with E-state index in [0.717, 1.165) is 5.20 Å². The van der Waals surface area contributed by atoms with Gasteiger partial charge in [-0.05, 0) is 12.1 Å². The lowest BCUT2D eigenvalue weighted by Gasteiger charge is -2.30. The van der Waals surface area contributed by atoms with E-state index in [1.807, 2.05) is 6.08 Å². The number of carboxylic acids is 1. The van der Waals surface area contributed by atoms with Crippen molar-refractivity contribution in [3.8, 4) is 0 Å². The second kappa shape index (κ2) is 2.96. The van der Waals surface area contributed by atoms with Crippen LogP contribution in [0.2, 0.25) is 19.6 Å². The van der Waals surface area contributed by atoms with E-state index in [9.17, 15) is 4.79 Å². The molecule has 0 aromatic rings. The zero-order chi connectivity index (χ0) is 10.3. The lowest BCUT2D eigenvalue weighted by molar-refractivity contribution is -0.155. The number of hydrogen-bond acceptors (Lipinski definition) is 2. The molecule has 0 unspecified atom stereocenters. The van der Waals surface area contributed by atoms with Crippen LogP contribution in [0.15, 0.2) is 11.3 Å². The summed E-state index contributed by atoms with van der Waals surface area (Å²) in [5.74, 6) is -0.876. The molecule has 0 spiro atoms. The molecule has 13 heavy (non-hydrogen) atoms. The number of carboxylic acid groups (broad SMARTS) is 1. The molecule has 0 fully saturated rings. The van der Waals surface area contributed by atoms with E-state index >= 15 is 0 Å². The summed E-state index contributed by atoms with van der Waals surface area (Å²) in [5.41, 5.74) is -1.07. The van der Waals surface area contributed by atoms with Crippen molar-refractivity contribution >= 4 is 14.0 Å². The third-order valence-corrected chi connectivity index (χ3v) is 4.69. The first-order valence-electron chi connectivity index (χ1n) is 4.37. The summed E-state index contributed by atoms with van der Waals surface area (Å²) in [4.78, 5) is 11.0. The Labute approximate surface area is 79.4 Å². The van der Waals surface area contributed by atoms with Gasteiger partial charge < -0.3 is 9.84 Å². The molecule has 0 radical (unpaired) electrons. The highest BCUT2D eigenvalue weighted by Crippen LogP contribution is 2.34. The topological polar surface area (TPSA) is 46.5 Å². The van der Waals surface area contributed by atoms with Crippen molar-refractivity contribution < 1.29 is 14.6 Å². The predicted molar refractivity (Wildman–Crippen MR) is 53.4 cm³/mol. The van der Waals surface area contributed by atoms with Crippen LogP contribution in [0, 0.1) is 0 Å². The van der Waals surface area contributed by atoms with Crippen LogP contribution in [-0.2, 0) is 9.53 Å². The molecular weight excluding hydrogens is 184 g/mol. The quantitative estimate of drug-likeness (QED) is 0.690. The van der Waals surface area contributed by atoms with E-state index in [-0.39, 0.29) is 0 Å². The first kappa shape index (κ1) is 10.5. The monoisotopic (exact) mass is 200 g/mol. The Hall–Kier alpha value is -0.613. The lowest BCUT2D eigenvalue weighted by atomic mass is 10.1. The fourth-order valence-electron chi connectivity index (χ4n) is 1.76. The number of rotatable bonds is 2. The van der Waals surface area contributed by atoms with Gasteiger partial charge in [0.25, 0.3) is 0 Å². The Balaban J connectivity index is 3.05. The molecule has 0 bridgehead atoms. The molecule has 0 aromatic heterocycles. The third-order valence-electron chi connectivity index (χ3n) is 2.39. The van der Waals surface area contributed by atoms with Crippen molar-refractivity contribution in [2.75, 3.05) is 6.61 Å². The van der Waals surface area contributed by atoms with Crippen LogP contribution in [0.4, 0.5) is 0 Å². The van der Waals surface area contributed by atoms with Crippen LogP contribution in [0.5, 0.6) is 0 Å². The van der Waals surface area contributed by atoms with Crippen LogP contribution < -0.4 is 0 Å². The molecule has 0 aliphatic carbocycles. The minimum Gasteiger partial charge on any atom is -0.479 e. The van der Waals surface area contributed by atoms with Gasteiger partial charge in [-0.2, -0.15) is 0 Å². The van der Waals surface area contributed by atoms with Gasteiger partial charge in [-0.25, -0.2) is 4.79 Å². The summed E-state index contributed by atoms with van der Waals surface area (Å²) in [5, 5.41) is 10.1. The Kier molecular flexibility index (Phi) is 2.38. The average Bonchev–Trinajstić information content (AvgIpc) is 2.31. The van der Waals surface area contributed by atoms with Gasteiger partial charge in [0.05, 0.1) is 14.7 Å². The first-order valence-corrected chi connectivity index (χ1v) is 7.87. The smallest absolute Gasteiger partial charge is 0.339 e. The highest BCUT2D eigenvalue weighted by Gasteiger charge is 2.46. The van der Waals surface area contributed by atoms with E-state index in [1.165, 1.54) is 0 Å². The summed E-state index contributed by atoms with van der Waals surface area (Å²) in [6.07, 6.45) is 1.93. The minimum atomic E-state index is -1.57. The highest BCUT2D eigenvalue weighted by molar-refractivity contribution is 6.83. The molecule has 4 heteroatoms. The van der Waals surface area contributed by atoms with E-state index in [1.54, 1.807) is 6.92 Å². The van der Waals surface area contributed by atoms with Crippen molar-refractivity contribution in [3.63, 3.8) is 0 Å². The van der Waals surface area contributed by atoms with Crippen LogP contribution in [-0.4, -0.2) is 31.4 Å². The molecule has 0 aromatic carbocycles. The van der Waals surface area contributed by atoms with Crippen molar-refractivity contribution in [2.24, 2.45) is 0 Å². The highest BCUT2D eigenvalue weighted by atomic mass is 28.3. The van der Waals surface area contributed by atoms with E-state index < -0.39 is 19.6 Å². The van der Waals surface area contributed by atoms with Crippen molar-refractivity contribution in [2.45, 2.75) is 32.2 Å². The molecule has 1 heterocycles. The van der Waals surface area contributed by atoms with E-state index in [4.69, 9.17) is 9.84 Å². The molecule has 1 aliphatic rings. The van der Waals surface area contributed by atoms with Crippen molar-refractivity contribution in [1.29, 1.82) is 0 Å². The molecule has 1 atom stereocenters. The summed E-state index contributed by atoms with van der Waals surface area (Å²) >= 11 is 0. The molecule has 1 aliphatic heterocycles. The number of aliphatic carboxylic acids is 1. The Bertz CT molecular complexity index is 265. The molecule has 74 valence electrons. The summed E-state index contributed by atoms with van der Waals surface area (Å²) in [6, 6.07) is 0. The largest absolute Gasteiger partial charge is 0.479 e. The van der Waals surface area contributed by atoms with Gasteiger partial charge in [-0.15, -0.1) is 0 Å². The Morgan fingerprint density at radius 2 is 2.15 bits per heavy atom. The zero-order valence-electron chi connectivity index (χ0n) is 8.55. The van der Waals surface area contributed by atoms with Crippen LogP contribution in [0.3, 0.4) is 0 Å². The van der Waals surface area contributed by atoms with Gasteiger partial charge in [0.1, 0.15) is 0 Å². The molecule has 3 nitrogen and oxygen atoms in total. The first-order chi connectivity index (χ1) is 5.78. The van der Waals surface area contributed by atoms with Gasteiger partial charge in [0.2, 0.25) is 0 Å². The summed E-state index contributed by atoms with van der Waals surface area (Å²) in [6.45, 7) is 8.48. The van der Waals surface area contributed by atoms with Crippen molar-refractivity contribution in [1.82, 2.24) is 0 Å². The Morgan fingerprint density at radius 1 is 1.62 bits per heavy atom. The minimum absolute atomic E-state index is 0.433.